The Balaban J connectivity index is 5.57. The van der Waals surface area contributed by atoms with Gasteiger partial charge in [0.15, 0.2) is 17.2 Å². The maximum atomic E-state index is 11.5. The van der Waals surface area contributed by atoms with Crippen LogP contribution >= 0.6 is 0 Å². The first-order chi connectivity index (χ1) is 8.58. The van der Waals surface area contributed by atoms with E-state index in [2.05, 4.69) is 0 Å². The Labute approximate surface area is 110 Å². The number of aliphatic hydroxyl groups is 3. The van der Waals surface area contributed by atoms with E-state index in [1.165, 1.54) is 0 Å². The lowest BCUT2D eigenvalue weighted by molar-refractivity contribution is -0.177. The topological polar surface area (TPSA) is 129 Å². The number of Topliss-reactive ketones (excluding diaryl/α,β-unsaturated/α-hetero) is 3. The molecule has 3 N–H and O–H groups in total. The lowest BCUT2D eigenvalue weighted by atomic mass is 9.75. The predicted octanol–water partition coefficient (Wildman–Crippen LogP) is -1.59. The number of rotatable bonds is 8. The van der Waals surface area contributed by atoms with E-state index in [0.717, 1.165) is 20.8 Å². The van der Waals surface area contributed by atoms with Crippen molar-refractivity contribution in [1.82, 2.24) is 0 Å². The molecule has 0 rings (SSSR count). The molecule has 108 valence electrons. The lowest BCUT2D eigenvalue weighted by Crippen LogP contribution is -2.60. The van der Waals surface area contributed by atoms with Gasteiger partial charge in [-0.15, -0.1) is 0 Å². The van der Waals surface area contributed by atoms with Crippen LogP contribution in [-0.2, 0) is 19.2 Å². The van der Waals surface area contributed by atoms with Crippen LogP contribution in [0.25, 0.3) is 0 Å². The molecule has 0 spiro atoms. The minimum absolute atomic E-state index is 0.152. The van der Waals surface area contributed by atoms with E-state index >= 15 is 0 Å². The van der Waals surface area contributed by atoms with Crippen LogP contribution in [0.5, 0.6) is 0 Å². The summed E-state index contributed by atoms with van der Waals surface area (Å²) in [5.41, 5.74) is -2.68. The molecule has 4 atom stereocenters. The molecule has 0 aromatic carbocycles. The highest BCUT2D eigenvalue weighted by molar-refractivity contribution is 5.92. The second kappa shape index (κ2) is 6.65. The zero-order chi connectivity index (χ0) is 15.4. The average Bonchev–Trinajstić information content (AvgIpc) is 2.32. The first-order valence-corrected chi connectivity index (χ1v) is 5.63. The molecule has 0 bridgehead atoms. The van der Waals surface area contributed by atoms with Gasteiger partial charge in [-0.2, -0.15) is 0 Å². The summed E-state index contributed by atoms with van der Waals surface area (Å²) in [6, 6.07) is 0. The van der Waals surface area contributed by atoms with Crippen LogP contribution in [0.4, 0.5) is 0 Å². The summed E-state index contributed by atoms with van der Waals surface area (Å²) in [6.45, 7) is 2.99. The third-order valence-corrected chi connectivity index (χ3v) is 2.97. The van der Waals surface area contributed by atoms with Gasteiger partial charge in [0.05, 0.1) is 5.92 Å². The maximum absolute atomic E-state index is 11.5. The Morgan fingerprint density at radius 1 is 1.16 bits per heavy atom. The molecular weight excluding hydrogens is 256 g/mol. The van der Waals surface area contributed by atoms with Crippen molar-refractivity contribution in [3.63, 3.8) is 0 Å². The molecule has 19 heavy (non-hydrogen) atoms. The molecule has 4 unspecified atom stereocenters. The number of carbonyl (C=O) groups excluding carboxylic acids is 4. The molecule has 0 fully saturated rings. The van der Waals surface area contributed by atoms with Crippen molar-refractivity contribution < 1.29 is 34.5 Å². The van der Waals surface area contributed by atoms with E-state index in [1.54, 1.807) is 0 Å². The van der Waals surface area contributed by atoms with Crippen LogP contribution in [0.2, 0.25) is 0 Å². The van der Waals surface area contributed by atoms with Crippen molar-refractivity contribution in [1.29, 1.82) is 0 Å². The van der Waals surface area contributed by atoms with Crippen LogP contribution in [0.1, 0.15) is 27.2 Å². The summed E-state index contributed by atoms with van der Waals surface area (Å²) in [4.78, 5) is 44.5. The van der Waals surface area contributed by atoms with Crippen LogP contribution in [-0.4, -0.2) is 56.8 Å². The first kappa shape index (κ1) is 17.6. The average molecular weight is 274 g/mol. The van der Waals surface area contributed by atoms with E-state index in [1.807, 2.05) is 0 Å². The van der Waals surface area contributed by atoms with E-state index in [-0.39, 0.29) is 6.29 Å². The Morgan fingerprint density at radius 3 is 1.89 bits per heavy atom. The number of aliphatic hydroxyl groups excluding tert-OH is 2. The van der Waals surface area contributed by atoms with Crippen molar-refractivity contribution in [2.45, 2.75) is 45.0 Å². The summed E-state index contributed by atoms with van der Waals surface area (Å²) in [6.07, 6.45) is -4.54. The summed E-state index contributed by atoms with van der Waals surface area (Å²) in [5, 5.41) is 29.4. The SMILES string of the molecule is CC(=O)CC(C=O)C(O)(C(C)=O)C(O)C(O)C(C)=O. The Hall–Kier alpha value is -1.44. The molecule has 0 aromatic heterocycles. The van der Waals surface area contributed by atoms with Gasteiger partial charge < -0.3 is 24.9 Å². The highest BCUT2D eigenvalue weighted by atomic mass is 16.4. The fourth-order valence-corrected chi connectivity index (χ4v) is 1.77. The van der Waals surface area contributed by atoms with Crippen LogP contribution in [0, 0.1) is 5.92 Å². The smallest absolute Gasteiger partial charge is 0.164 e. The molecule has 0 amide bonds. The van der Waals surface area contributed by atoms with Crippen molar-refractivity contribution in [3.05, 3.63) is 0 Å². The molecule has 0 aliphatic heterocycles. The van der Waals surface area contributed by atoms with Gasteiger partial charge in [0, 0.05) is 6.42 Å². The summed E-state index contributed by atoms with van der Waals surface area (Å²) >= 11 is 0. The monoisotopic (exact) mass is 274 g/mol. The van der Waals surface area contributed by atoms with Gasteiger partial charge in [0.2, 0.25) is 0 Å². The van der Waals surface area contributed by atoms with Gasteiger partial charge in [0.1, 0.15) is 24.3 Å². The summed E-state index contributed by atoms with van der Waals surface area (Å²) in [7, 11) is 0. The molecule has 0 saturated heterocycles. The van der Waals surface area contributed by atoms with Gasteiger partial charge in [-0.25, -0.2) is 0 Å². The fraction of sp³-hybridized carbons (Fsp3) is 0.667. The highest BCUT2D eigenvalue weighted by Gasteiger charge is 2.51. The molecule has 0 heterocycles. The number of aldehydes is 1. The van der Waals surface area contributed by atoms with E-state index < -0.39 is 47.5 Å². The van der Waals surface area contributed by atoms with Crippen LogP contribution < -0.4 is 0 Å². The molecule has 0 aliphatic rings. The lowest BCUT2D eigenvalue weighted by Gasteiger charge is -2.36. The Morgan fingerprint density at radius 2 is 1.63 bits per heavy atom. The van der Waals surface area contributed by atoms with Gasteiger partial charge >= 0.3 is 0 Å². The van der Waals surface area contributed by atoms with Crippen molar-refractivity contribution in [2.24, 2.45) is 5.92 Å². The zero-order valence-corrected chi connectivity index (χ0v) is 11.0. The third-order valence-electron chi connectivity index (χ3n) is 2.97. The molecule has 0 radical (unpaired) electrons. The Kier molecular flexibility index (Phi) is 6.14. The molecule has 7 nitrogen and oxygen atoms in total. The fourth-order valence-electron chi connectivity index (χ4n) is 1.77. The molecule has 7 heteroatoms. The van der Waals surface area contributed by atoms with Crippen LogP contribution in [0.15, 0.2) is 0 Å². The van der Waals surface area contributed by atoms with Gasteiger partial charge in [0.25, 0.3) is 0 Å². The van der Waals surface area contributed by atoms with Crippen molar-refractivity contribution in [3.8, 4) is 0 Å². The highest BCUT2D eigenvalue weighted by Crippen LogP contribution is 2.27. The molecule has 0 saturated carbocycles. The first-order valence-electron chi connectivity index (χ1n) is 5.63. The molecular formula is C12H18O7. The number of ketones is 3. The third kappa shape index (κ3) is 3.76. The number of hydrogen-bond donors (Lipinski definition) is 3. The summed E-state index contributed by atoms with van der Waals surface area (Å²) < 4.78 is 0. The van der Waals surface area contributed by atoms with Gasteiger partial charge in [-0.1, -0.05) is 0 Å². The Bertz CT molecular complexity index is 390. The minimum atomic E-state index is -2.68. The normalized spacial score (nSPS) is 18.8. The number of hydrogen-bond acceptors (Lipinski definition) is 7. The number of carbonyl (C=O) groups is 4. The predicted molar refractivity (Wildman–Crippen MR) is 63.2 cm³/mol. The van der Waals surface area contributed by atoms with Gasteiger partial charge in [-0.3, -0.25) is 9.59 Å². The zero-order valence-electron chi connectivity index (χ0n) is 11.0. The quantitative estimate of drug-likeness (QED) is 0.455. The molecule has 0 aliphatic carbocycles. The largest absolute Gasteiger partial charge is 0.386 e. The molecule has 0 aromatic rings. The van der Waals surface area contributed by atoms with E-state index in [0.29, 0.717) is 0 Å². The van der Waals surface area contributed by atoms with Crippen molar-refractivity contribution in [2.75, 3.05) is 0 Å². The second-order valence-corrected chi connectivity index (χ2v) is 4.53. The maximum Gasteiger partial charge on any atom is 0.164 e. The van der Waals surface area contributed by atoms with E-state index in [9.17, 15) is 34.5 Å². The second-order valence-electron chi connectivity index (χ2n) is 4.53. The van der Waals surface area contributed by atoms with Gasteiger partial charge in [-0.05, 0) is 20.8 Å². The van der Waals surface area contributed by atoms with Crippen molar-refractivity contribution >= 4 is 23.6 Å². The van der Waals surface area contributed by atoms with E-state index in [4.69, 9.17) is 0 Å². The summed E-state index contributed by atoms with van der Waals surface area (Å²) in [5.74, 6) is -3.91. The standard InChI is InChI=1S/C12H18O7/c1-6(14)4-9(5-13)12(19,8(3)16)11(18)10(17)7(2)15/h5,9-11,17-19H,4H2,1-3H3. The minimum Gasteiger partial charge on any atom is -0.386 e. The van der Waals surface area contributed by atoms with Crippen LogP contribution in [0.3, 0.4) is 0 Å².